The molecule has 0 saturated heterocycles. The zero-order valence-electron chi connectivity index (χ0n) is 6.89. The Morgan fingerprint density at radius 1 is 1.25 bits per heavy atom. The zero-order chi connectivity index (χ0) is 8.55. The Kier molecular flexibility index (Phi) is 1.67. The molecule has 1 aliphatic rings. The molecule has 1 heterocycles. The normalized spacial score (nSPS) is 18.7. The van der Waals surface area contributed by atoms with Gasteiger partial charge in [-0.15, -0.1) is 0 Å². The summed E-state index contributed by atoms with van der Waals surface area (Å²) in [6.45, 7) is 0. The average Bonchev–Trinajstić information content (AvgIpc) is 2.64. The quantitative estimate of drug-likeness (QED) is 0.582. The minimum absolute atomic E-state index is 0.183. The Morgan fingerprint density at radius 2 is 1.92 bits per heavy atom. The summed E-state index contributed by atoms with van der Waals surface area (Å²) < 4.78 is 0. The van der Waals surface area contributed by atoms with Gasteiger partial charge in [0, 0.05) is 5.92 Å². The summed E-state index contributed by atoms with van der Waals surface area (Å²) in [6, 6.07) is 0. The Bertz CT molecular complexity index is 319. The first-order valence-electron chi connectivity index (χ1n) is 4.35. The summed E-state index contributed by atoms with van der Waals surface area (Å²) >= 11 is 0. The Balaban J connectivity index is 2.32. The molecule has 0 radical (unpaired) electrons. The number of anilines is 1. The number of H-pyrrole nitrogens is 2. The first-order chi connectivity index (χ1) is 5.79. The van der Waals surface area contributed by atoms with Crippen LogP contribution in [-0.2, 0) is 0 Å². The van der Waals surface area contributed by atoms with Gasteiger partial charge >= 0.3 is 0 Å². The Morgan fingerprint density at radius 3 is 2.42 bits per heavy atom. The fraction of sp³-hybridized carbons (Fsp3) is 0.625. The lowest BCUT2D eigenvalue weighted by atomic mass is 10.0. The summed E-state index contributed by atoms with van der Waals surface area (Å²) in [5, 5.41) is 5.36. The van der Waals surface area contributed by atoms with Crippen molar-refractivity contribution in [1.82, 2.24) is 10.2 Å². The average molecular weight is 167 g/mol. The van der Waals surface area contributed by atoms with Crippen LogP contribution in [0, 0.1) is 0 Å². The number of hydrogen-bond acceptors (Lipinski definition) is 2. The van der Waals surface area contributed by atoms with Gasteiger partial charge in [0.2, 0.25) is 0 Å². The van der Waals surface area contributed by atoms with Crippen molar-refractivity contribution in [1.29, 1.82) is 0 Å². The third-order valence-electron chi connectivity index (χ3n) is 2.61. The van der Waals surface area contributed by atoms with Gasteiger partial charge < -0.3 is 5.73 Å². The van der Waals surface area contributed by atoms with E-state index < -0.39 is 0 Å². The molecule has 0 aromatic carbocycles. The van der Waals surface area contributed by atoms with Crippen LogP contribution in [0.25, 0.3) is 0 Å². The van der Waals surface area contributed by atoms with E-state index in [0.29, 0.717) is 11.6 Å². The van der Waals surface area contributed by atoms with Crippen molar-refractivity contribution in [2.24, 2.45) is 0 Å². The molecule has 66 valence electrons. The SMILES string of the molecule is Nc1c(C2CCCC2)[nH][nH]c1=O. The molecule has 0 unspecified atom stereocenters. The van der Waals surface area contributed by atoms with Crippen LogP contribution in [0.4, 0.5) is 5.69 Å². The molecule has 4 nitrogen and oxygen atoms in total. The summed E-state index contributed by atoms with van der Waals surface area (Å²) in [4.78, 5) is 11.0. The molecule has 0 atom stereocenters. The van der Waals surface area contributed by atoms with Crippen molar-refractivity contribution in [2.75, 3.05) is 5.73 Å². The predicted molar refractivity (Wildman–Crippen MR) is 47.0 cm³/mol. The molecule has 0 amide bonds. The maximum atomic E-state index is 11.0. The molecule has 1 aromatic heterocycles. The van der Waals surface area contributed by atoms with Crippen LogP contribution < -0.4 is 11.3 Å². The fourth-order valence-electron chi connectivity index (χ4n) is 1.92. The first kappa shape index (κ1) is 7.46. The van der Waals surface area contributed by atoms with E-state index in [-0.39, 0.29) is 5.56 Å². The number of nitrogens with one attached hydrogen (secondary N) is 2. The molecule has 0 bridgehead atoms. The van der Waals surface area contributed by atoms with Crippen LogP contribution in [0.1, 0.15) is 37.3 Å². The Hall–Kier alpha value is -1.19. The molecule has 2 rings (SSSR count). The van der Waals surface area contributed by atoms with Gasteiger partial charge in [-0.2, -0.15) is 0 Å². The molecule has 12 heavy (non-hydrogen) atoms. The van der Waals surface area contributed by atoms with Crippen molar-refractivity contribution >= 4 is 5.69 Å². The third-order valence-corrected chi connectivity index (χ3v) is 2.61. The summed E-state index contributed by atoms with van der Waals surface area (Å²) in [6.07, 6.45) is 4.80. The minimum Gasteiger partial charge on any atom is -0.393 e. The molecule has 1 aliphatic carbocycles. The van der Waals surface area contributed by atoms with Gasteiger partial charge in [-0.25, -0.2) is 0 Å². The van der Waals surface area contributed by atoms with Gasteiger partial charge in [-0.1, -0.05) is 12.8 Å². The molecule has 4 heteroatoms. The van der Waals surface area contributed by atoms with E-state index in [1.807, 2.05) is 0 Å². The molecule has 1 fully saturated rings. The van der Waals surface area contributed by atoms with Gasteiger partial charge in [0.05, 0.1) is 5.69 Å². The summed E-state index contributed by atoms with van der Waals surface area (Å²) in [5.41, 5.74) is 6.72. The van der Waals surface area contributed by atoms with E-state index in [9.17, 15) is 4.79 Å². The van der Waals surface area contributed by atoms with Gasteiger partial charge in [0.15, 0.2) is 0 Å². The summed E-state index contributed by atoms with van der Waals surface area (Å²) in [5.74, 6) is 0.476. The molecular formula is C8H13N3O. The highest BCUT2D eigenvalue weighted by Gasteiger charge is 2.21. The number of hydrogen-bond donors (Lipinski definition) is 3. The molecule has 1 aromatic rings. The number of aromatic amines is 2. The number of aromatic nitrogens is 2. The van der Waals surface area contributed by atoms with E-state index in [2.05, 4.69) is 10.2 Å². The number of nitrogens with two attached hydrogens (primary N) is 1. The fourth-order valence-corrected chi connectivity index (χ4v) is 1.92. The largest absolute Gasteiger partial charge is 0.393 e. The van der Waals surface area contributed by atoms with Crippen molar-refractivity contribution in [3.63, 3.8) is 0 Å². The van der Waals surface area contributed by atoms with E-state index in [1.54, 1.807) is 0 Å². The topological polar surface area (TPSA) is 74.7 Å². The van der Waals surface area contributed by atoms with Crippen LogP contribution in [0.2, 0.25) is 0 Å². The second-order valence-electron chi connectivity index (χ2n) is 3.39. The van der Waals surface area contributed by atoms with Crippen LogP contribution in [-0.4, -0.2) is 10.2 Å². The number of rotatable bonds is 1. The van der Waals surface area contributed by atoms with Crippen LogP contribution >= 0.6 is 0 Å². The van der Waals surface area contributed by atoms with Crippen LogP contribution in [0.15, 0.2) is 4.79 Å². The maximum absolute atomic E-state index is 11.0. The van der Waals surface area contributed by atoms with Crippen molar-refractivity contribution in [3.8, 4) is 0 Å². The van der Waals surface area contributed by atoms with Crippen LogP contribution in [0.3, 0.4) is 0 Å². The van der Waals surface area contributed by atoms with E-state index in [0.717, 1.165) is 18.5 Å². The second-order valence-corrected chi connectivity index (χ2v) is 3.39. The molecular weight excluding hydrogens is 154 g/mol. The smallest absolute Gasteiger partial charge is 0.287 e. The van der Waals surface area contributed by atoms with Gasteiger partial charge in [0.1, 0.15) is 5.69 Å². The standard InChI is InChI=1S/C8H13N3O/c9-6-7(10-11-8(6)12)5-3-1-2-4-5/h5H,1-4,9H2,(H2,10,11,12). The van der Waals surface area contributed by atoms with E-state index in [4.69, 9.17) is 5.73 Å². The van der Waals surface area contributed by atoms with E-state index >= 15 is 0 Å². The highest BCUT2D eigenvalue weighted by Crippen LogP contribution is 2.34. The van der Waals surface area contributed by atoms with Gasteiger partial charge in [-0.3, -0.25) is 15.0 Å². The monoisotopic (exact) mass is 167 g/mol. The summed E-state index contributed by atoms with van der Waals surface area (Å²) in [7, 11) is 0. The van der Waals surface area contributed by atoms with E-state index in [1.165, 1.54) is 12.8 Å². The maximum Gasteiger partial charge on any atom is 0.287 e. The van der Waals surface area contributed by atoms with Crippen molar-refractivity contribution in [3.05, 3.63) is 16.0 Å². The third kappa shape index (κ3) is 1.03. The lowest BCUT2D eigenvalue weighted by Gasteiger charge is -2.05. The lowest BCUT2D eigenvalue weighted by molar-refractivity contribution is 0.695. The highest BCUT2D eigenvalue weighted by atomic mass is 16.1. The first-order valence-corrected chi connectivity index (χ1v) is 4.35. The molecule has 4 N–H and O–H groups in total. The predicted octanol–water partition coefficient (Wildman–Crippen LogP) is 0.943. The molecule has 0 aliphatic heterocycles. The minimum atomic E-state index is -0.183. The second kappa shape index (κ2) is 2.69. The molecule has 0 spiro atoms. The van der Waals surface area contributed by atoms with Crippen LogP contribution in [0.5, 0.6) is 0 Å². The zero-order valence-corrected chi connectivity index (χ0v) is 6.89. The van der Waals surface area contributed by atoms with Gasteiger partial charge in [-0.05, 0) is 12.8 Å². The van der Waals surface area contributed by atoms with Crippen molar-refractivity contribution in [2.45, 2.75) is 31.6 Å². The lowest BCUT2D eigenvalue weighted by Crippen LogP contribution is -2.06. The highest BCUT2D eigenvalue weighted by molar-refractivity contribution is 5.42. The Labute approximate surface area is 70.1 Å². The molecule has 1 saturated carbocycles. The van der Waals surface area contributed by atoms with Crippen molar-refractivity contribution < 1.29 is 0 Å². The van der Waals surface area contributed by atoms with Gasteiger partial charge in [0.25, 0.3) is 5.56 Å². The number of nitrogen functional groups attached to an aromatic ring is 1.